The number of carboxylic acids is 1. The Bertz CT molecular complexity index is 848. The highest BCUT2D eigenvalue weighted by atomic mass is 16.4. The van der Waals surface area contributed by atoms with Gasteiger partial charge in [-0.25, -0.2) is 4.79 Å². The summed E-state index contributed by atoms with van der Waals surface area (Å²) in [5.74, 6) is -1.74. The van der Waals surface area contributed by atoms with Gasteiger partial charge in [-0.05, 0) is 43.1 Å². The summed E-state index contributed by atoms with van der Waals surface area (Å²) >= 11 is 0. The molecule has 3 rings (SSSR count). The average molecular weight is 381 g/mol. The zero-order valence-corrected chi connectivity index (χ0v) is 15.4. The van der Waals surface area contributed by atoms with Crippen LogP contribution in [0.3, 0.4) is 0 Å². The van der Waals surface area contributed by atoms with E-state index >= 15 is 0 Å². The van der Waals surface area contributed by atoms with E-state index in [1.165, 1.54) is 0 Å². The number of hydrogen-bond donors (Lipinski definition) is 4. The third kappa shape index (κ3) is 5.17. The molecule has 28 heavy (non-hydrogen) atoms. The second-order valence-corrected chi connectivity index (χ2v) is 6.77. The zero-order chi connectivity index (χ0) is 19.9. The number of carboxylic acid groups (broad SMARTS) is 1. The fourth-order valence-electron chi connectivity index (χ4n) is 3.17. The summed E-state index contributed by atoms with van der Waals surface area (Å²) in [5, 5.41) is 17.9. The van der Waals surface area contributed by atoms with Crippen LogP contribution in [0, 0.1) is 0 Å². The summed E-state index contributed by atoms with van der Waals surface area (Å²) in [6.07, 6.45) is 1.93. The molecular formula is C21H23N3O4. The van der Waals surface area contributed by atoms with E-state index in [9.17, 15) is 19.5 Å². The Hall–Kier alpha value is -3.19. The highest BCUT2D eigenvalue weighted by Crippen LogP contribution is 2.14. The third-order valence-corrected chi connectivity index (χ3v) is 4.66. The number of hydrogen-bond acceptors (Lipinski definition) is 4. The Morgan fingerprint density at radius 1 is 1.11 bits per heavy atom. The Kier molecular flexibility index (Phi) is 6.39. The minimum atomic E-state index is -1.10. The molecule has 0 unspecified atom stereocenters. The average Bonchev–Trinajstić information content (AvgIpc) is 3.23. The monoisotopic (exact) mass is 381 g/mol. The molecular weight excluding hydrogens is 358 g/mol. The van der Waals surface area contributed by atoms with Crippen LogP contribution in [0.5, 0.6) is 0 Å². The number of carbonyl (C=O) groups excluding carboxylic acids is 2. The first-order valence-corrected chi connectivity index (χ1v) is 9.25. The molecule has 0 aromatic heterocycles. The molecule has 1 aliphatic rings. The molecule has 2 amide bonds. The maximum atomic E-state index is 12.5. The smallest absolute Gasteiger partial charge is 0.326 e. The van der Waals surface area contributed by atoms with E-state index in [1.807, 2.05) is 30.3 Å². The van der Waals surface area contributed by atoms with Gasteiger partial charge in [0.2, 0.25) is 5.91 Å². The van der Waals surface area contributed by atoms with Crippen LogP contribution >= 0.6 is 0 Å². The molecule has 7 nitrogen and oxygen atoms in total. The summed E-state index contributed by atoms with van der Waals surface area (Å²) in [7, 11) is 0. The lowest BCUT2D eigenvalue weighted by atomic mass is 10.1. The van der Waals surface area contributed by atoms with E-state index in [2.05, 4.69) is 16.0 Å². The lowest BCUT2D eigenvalue weighted by Gasteiger charge is -2.15. The molecule has 0 aliphatic carbocycles. The second-order valence-electron chi connectivity index (χ2n) is 6.77. The Morgan fingerprint density at radius 3 is 2.57 bits per heavy atom. The van der Waals surface area contributed by atoms with Gasteiger partial charge in [0.15, 0.2) is 0 Å². The normalized spacial score (nSPS) is 16.9. The number of benzene rings is 2. The van der Waals surface area contributed by atoms with Crippen molar-refractivity contribution >= 4 is 23.5 Å². The zero-order valence-electron chi connectivity index (χ0n) is 15.4. The molecule has 4 N–H and O–H groups in total. The standard InChI is InChI=1S/C21H23N3O4/c25-19(24-18(21(27)28)12-14-6-2-1-3-7-14)15-8-4-9-16(13-15)23-20(26)17-10-5-11-22-17/h1-4,6-9,13,17-18,22H,5,10-12H2,(H,23,26)(H,24,25)(H,27,28)/t17-,18+/m0/s1. The van der Waals surface area contributed by atoms with Crippen molar-refractivity contribution < 1.29 is 19.5 Å². The maximum Gasteiger partial charge on any atom is 0.326 e. The van der Waals surface area contributed by atoms with Gasteiger partial charge in [-0.2, -0.15) is 0 Å². The minimum absolute atomic E-state index is 0.137. The lowest BCUT2D eigenvalue weighted by Crippen LogP contribution is -2.42. The Labute approximate surface area is 163 Å². The van der Waals surface area contributed by atoms with E-state index in [0.717, 1.165) is 24.9 Å². The predicted molar refractivity (Wildman–Crippen MR) is 105 cm³/mol. The van der Waals surface area contributed by atoms with Crippen LogP contribution in [0.2, 0.25) is 0 Å². The molecule has 7 heteroatoms. The van der Waals surface area contributed by atoms with E-state index in [4.69, 9.17) is 0 Å². The lowest BCUT2D eigenvalue weighted by molar-refractivity contribution is -0.139. The number of amides is 2. The van der Waals surface area contributed by atoms with Crippen molar-refractivity contribution in [2.75, 3.05) is 11.9 Å². The molecule has 2 atom stereocenters. The molecule has 1 saturated heterocycles. The van der Waals surface area contributed by atoms with Gasteiger partial charge < -0.3 is 21.1 Å². The number of nitrogens with one attached hydrogen (secondary N) is 3. The fraction of sp³-hybridized carbons (Fsp3) is 0.286. The Morgan fingerprint density at radius 2 is 1.89 bits per heavy atom. The number of carbonyl (C=O) groups is 3. The molecule has 0 bridgehead atoms. The molecule has 2 aromatic carbocycles. The summed E-state index contributed by atoms with van der Waals surface area (Å²) in [4.78, 5) is 36.3. The van der Waals surface area contributed by atoms with E-state index in [0.29, 0.717) is 5.69 Å². The van der Waals surface area contributed by atoms with Crippen molar-refractivity contribution in [3.05, 3.63) is 65.7 Å². The van der Waals surface area contributed by atoms with Crippen LogP contribution in [-0.2, 0) is 16.0 Å². The predicted octanol–water partition coefficient (Wildman–Crippen LogP) is 1.80. The largest absolute Gasteiger partial charge is 0.480 e. The summed E-state index contributed by atoms with van der Waals surface area (Å²) in [6.45, 7) is 0.818. The van der Waals surface area contributed by atoms with Gasteiger partial charge in [-0.15, -0.1) is 0 Å². The molecule has 0 saturated carbocycles. The van der Waals surface area contributed by atoms with Gasteiger partial charge in [0.25, 0.3) is 5.91 Å². The summed E-state index contributed by atoms with van der Waals surface area (Å²) in [6, 6.07) is 14.3. The minimum Gasteiger partial charge on any atom is -0.480 e. The topological polar surface area (TPSA) is 108 Å². The molecule has 2 aromatic rings. The van der Waals surface area contributed by atoms with Gasteiger partial charge in [0.1, 0.15) is 6.04 Å². The van der Waals surface area contributed by atoms with Crippen molar-refractivity contribution in [3.8, 4) is 0 Å². The first kappa shape index (κ1) is 19.6. The maximum absolute atomic E-state index is 12.5. The Balaban J connectivity index is 1.65. The van der Waals surface area contributed by atoms with Crippen LogP contribution in [0.25, 0.3) is 0 Å². The highest BCUT2D eigenvalue weighted by molar-refractivity contribution is 5.99. The van der Waals surface area contributed by atoms with Crippen LogP contribution in [0.15, 0.2) is 54.6 Å². The molecule has 146 valence electrons. The summed E-state index contributed by atoms with van der Waals surface area (Å²) in [5.41, 5.74) is 1.61. The number of aliphatic carboxylic acids is 1. The van der Waals surface area contributed by atoms with Gasteiger partial charge in [0.05, 0.1) is 6.04 Å². The third-order valence-electron chi connectivity index (χ3n) is 4.66. The first-order chi connectivity index (χ1) is 13.5. The second kappa shape index (κ2) is 9.14. The van der Waals surface area contributed by atoms with Crippen molar-refractivity contribution in [1.82, 2.24) is 10.6 Å². The van der Waals surface area contributed by atoms with Crippen molar-refractivity contribution in [2.24, 2.45) is 0 Å². The highest BCUT2D eigenvalue weighted by Gasteiger charge is 2.23. The van der Waals surface area contributed by atoms with Crippen LogP contribution in [0.1, 0.15) is 28.8 Å². The van der Waals surface area contributed by atoms with Crippen molar-refractivity contribution in [2.45, 2.75) is 31.3 Å². The van der Waals surface area contributed by atoms with E-state index in [-0.39, 0.29) is 23.9 Å². The van der Waals surface area contributed by atoms with Gasteiger partial charge in [-0.3, -0.25) is 9.59 Å². The first-order valence-electron chi connectivity index (χ1n) is 9.25. The van der Waals surface area contributed by atoms with Crippen molar-refractivity contribution in [1.29, 1.82) is 0 Å². The number of anilines is 1. The number of rotatable bonds is 7. The van der Waals surface area contributed by atoms with E-state index in [1.54, 1.807) is 24.3 Å². The summed E-state index contributed by atoms with van der Waals surface area (Å²) < 4.78 is 0. The molecule has 0 radical (unpaired) electrons. The van der Waals surface area contributed by atoms with Gasteiger partial charge in [-0.1, -0.05) is 36.4 Å². The van der Waals surface area contributed by atoms with Gasteiger partial charge >= 0.3 is 5.97 Å². The molecule has 1 heterocycles. The molecule has 1 aliphatic heterocycles. The SMILES string of the molecule is O=C(N[C@H](Cc1ccccc1)C(=O)O)c1cccc(NC(=O)[C@@H]2CCCN2)c1. The molecule has 0 spiro atoms. The molecule has 1 fully saturated rings. The van der Waals surface area contributed by atoms with Crippen molar-refractivity contribution in [3.63, 3.8) is 0 Å². The van der Waals surface area contributed by atoms with Crippen LogP contribution < -0.4 is 16.0 Å². The van der Waals surface area contributed by atoms with Crippen LogP contribution in [0.4, 0.5) is 5.69 Å². The van der Waals surface area contributed by atoms with Gasteiger partial charge in [0, 0.05) is 17.7 Å². The van der Waals surface area contributed by atoms with E-state index < -0.39 is 17.9 Å². The fourth-order valence-corrected chi connectivity index (χ4v) is 3.17. The quantitative estimate of drug-likeness (QED) is 0.585. The van der Waals surface area contributed by atoms with Crippen LogP contribution in [-0.4, -0.2) is 41.5 Å².